The third-order valence-electron chi connectivity index (χ3n) is 4.14. The number of aromatic nitrogens is 4. The summed E-state index contributed by atoms with van der Waals surface area (Å²) in [4.78, 5) is 12.4. The fraction of sp³-hybridized carbons (Fsp3) is 0.235. The van der Waals surface area contributed by atoms with E-state index in [1.165, 1.54) is 0 Å². The van der Waals surface area contributed by atoms with Gasteiger partial charge in [-0.2, -0.15) is 10.2 Å². The van der Waals surface area contributed by atoms with Gasteiger partial charge in [-0.15, -0.1) is 0 Å². The zero-order valence-electron chi connectivity index (χ0n) is 13.9. The van der Waals surface area contributed by atoms with E-state index in [4.69, 9.17) is 9.47 Å². The number of H-pyrrole nitrogens is 1. The summed E-state index contributed by atoms with van der Waals surface area (Å²) in [6.45, 7) is 4.88. The number of ether oxygens (including phenoxy) is 2. The Kier molecular flexibility index (Phi) is 3.64. The molecule has 0 atom stereocenters. The predicted molar refractivity (Wildman–Crippen MR) is 90.7 cm³/mol. The number of nitrogens with one attached hydrogen (secondary N) is 2. The maximum atomic E-state index is 12.4. The Morgan fingerprint density at radius 1 is 1.32 bits per heavy atom. The molecule has 4 rings (SSSR count). The van der Waals surface area contributed by atoms with Gasteiger partial charge in [0.1, 0.15) is 5.69 Å². The van der Waals surface area contributed by atoms with Gasteiger partial charge in [-0.1, -0.05) is 0 Å². The number of aryl methyl sites for hydroxylation is 1. The van der Waals surface area contributed by atoms with E-state index in [0.29, 0.717) is 28.6 Å². The zero-order chi connectivity index (χ0) is 17.4. The Bertz CT molecular complexity index is 944. The summed E-state index contributed by atoms with van der Waals surface area (Å²) in [6.07, 6.45) is 1.64. The smallest absolute Gasteiger partial charge is 0.273 e. The molecule has 1 aliphatic heterocycles. The van der Waals surface area contributed by atoms with Crippen molar-refractivity contribution < 1.29 is 14.3 Å². The van der Waals surface area contributed by atoms with Crippen LogP contribution in [0, 0.1) is 6.92 Å². The highest BCUT2D eigenvalue weighted by atomic mass is 16.7. The number of rotatable bonds is 4. The highest BCUT2D eigenvalue weighted by Gasteiger charge is 2.17. The lowest BCUT2D eigenvalue weighted by Gasteiger charge is -2.03. The summed E-state index contributed by atoms with van der Waals surface area (Å²) >= 11 is 0. The zero-order valence-corrected chi connectivity index (χ0v) is 13.9. The molecule has 128 valence electrons. The SMILES string of the molecule is CCn1ncc(NC(=O)c2cc(-c3ccc4c(c3)OCO4)n[nH]2)c1C. The molecular formula is C17H17N5O3. The molecule has 0 fully saturated rings. The molecule has 0 aliphatic carbocycles. The standard InChI is InChI=1S/C17H17N5O3/c1-3-22-10(2)14(8-18-22)19-17(23)13-7-12(20-21-13)11-4-5-15-16(6-11)25-9-24-15/h4-8H,3,9H2,1-2H3,(H,19,23)(H,20,21). The van der Waals surface area contributed by atoms with Crippen LogP contribution < -0.4 is 14.8 Å². The van der Waals surface area contributed by atoms with Crippen molar-refractivity contribution in [3.8, 4) is 22.8 Å². The van der Waals surface area contributed by atoms with E-state index in [1.54, 1.807) is 12.3 Å². The number of nitrogens with zero attached hydrogens (tertiary/aromatic N) is 3. The first-order valence-corrected chi connectivity index (χ1v) is 7.95. The maximum absolute atomic E-state index is 12.4. The molecule has 2 aromatic heterocycles. The lowest BCUT2D eigenvalue weighted by molar-refractivity contribution is 0.102. The van der Waals surface area contributed by atoms with E-state index in [1.807, 2.05) is 36.7 Å². The van der Waals surface area contributed by atoms with Gasteiger partial charge in [0.25, 0.3) is 5.91 Å². The first-order chi connectivity index (χ1) is 12.2. The Hall–Kier alpha value is -3.29. The number of aromatic amines is 1. The van der Waals surface area contributed by atoms with Gasteiger partial charge in [-0.25, -0.2) is 0 Å². The number of fused-ring (bicyclic) bond motifs is 1. The second-order valence-electron chi connectivity index (χ2n) is 5.65. The van der Waals surface area contributed by atoms with Crippen LogP contribution in [0.5, 0.6) is 11.5 Å². The van der Waals surface area contributed by atoms with Crippen molar-refractivity contribution in [3.63, 3.8) is 0 Å². The third-order valence-corrected chi connectivity index (χ3v) is 4.14. The summed E-state index contributed by atoms with van der Waals surface area (Å²) in [5.41, 5.74) is 3.47. The van der Waals surface area contributed by atoms with Gasteiger partial charge in [-0.3, -0.25) is 14.6 Å². The molecule has 0 saturated carbocycles. The Morgan fingerprint density at radius 3 is 2.96 bits per heavy atom. The third kappa shape index (κ3) is 2.71. The van der Waals surface area contributed by atoms with Crippen LogP contribution in [-0.4, -0.2) is 32.7 Å². The summed E-state index contributed by atoms with van der Waals surface area (Å²) < 4.78 is 12.5. The minimum absolute atomic E-state index is 0.220. The number of amides is 1. The monoisotopic (exact) mass is 339 g/mol. The van der Waals surface area contributed by atoms with Crippen molar-refractivity contribution in [1.82, 2.24) is 20.0 Å². The van der Waals surface area contributed by atoms with E-state index < -0.39 is 0 Å². The molecule has 0 spiro atoms. The molecule has 8 heteroatoms. The van der Waals surface area contributed by atoms with E-state index in [9.17, 15) is 4.79 Å². The van der Waals surface area contributed by atoms with Gasteiger partial charge in [0.05, 0.1) is 23.3 Å². The van der Waals surface area contributed by atoms with E-state index in [-0.39, 0.29) is 12.7 Å². The van der Waals surface area contributed by atoms with Crippen LogP contribution in [-0.2, 0) is 6.54 Å². The van der Waals surface area contributed by atoms with Crippen molar-refractivity contribution in [2.24, 2.45) is 0 Å². The molecule has 3 aromatic rings. The highest BCUT2D eigenvalue weighted by Crippen LogP contribution is 2.35. The first kappa shape index (κ1) is 15.3. The molecule has 0 radical (unpaired) electrons. The molecule has 3 heterocycles. The van der Waals surface area contributed by atoms with Crippen molar-refractivity contribution in [1.29, 1.82) is 0 Å². The van der Waals surface area contributed by atoms with Crippen molar-refractivity contribution in [2.75, 3.05) is 12.1 Å². The molecule has 0 unspecified atom stereocenters. The summed E-state index contributed by atoms with van der Waals surface area (Å²) in [5.74, 6) is 1.12. The number of carbonyl (C=O) groups excluding carboxylic acids is 1. The molecule has 25 heavy (non-hydrogen) atoms. The molecule has 1 aliphatic rings. The normalized spacial score (nSPS) is 12.4. The average Bonchev–Trinajstić information content (AvgIpc) is 3.34. The maximum Gasteiger partial charge on any atom is 0.273 e. The molecule has 1 aromatic carbocycles. The molecule has 8 nitrogen and oxygen atoms in total. The largest absolute Gasteiger partial charge is 0.454 e. The number of benzene rings is 1. The van der Waals surface area contributed by atoms with Crippen LogP contribution in [0.25, 0.3) is 11.3 Å². The van der Waals surface area contributed by atoms with E-state index in [2.05, 4.69) is 20.6 Å². The summed E-state index contributed by atoms with van der Waals surface area (Å²) in [5, 5.41) is 14.1. The van der Waals surface area contributed by atoms with Crippen molar-refractivity contribution in [3.05, 3.63) is 41.9 Å². The van der Waals surface area contributed by atoms with Crippen LogP contribution in [0.3, 0.4) is 0 Å². The second-order valence-corrected chi connectivity index (χ2v) is 5.65. The Morgan fingerprint density at radius 2 is 2.16 bits per heavy atom. The van der Waals surface area contributed by atoms with E-state index in [0.717, 1.165) is 17.8 Å². The Labute approximate surface area is 143 Å². The van der Waals surface area contributed by atoms with Gasteiger partial charge < -0.3 is 14.8 Å². The van der Waals surface area contributed by atoms with Crippen LogP contribution >= 0.6 is 0 Å². The average molecular weight is 339 g/mol. The number of anilines is 1. The summed E-state index contributed by atoms with van der Waals surface area (Å²) in [7, 11) is 0. The molecule has 0 saturated heterocycles. The predicted octanol–water partition coefficient (Wildman–Crippen LogP) is 2.58. The fourth-order valence-electron chi connectivity index (χ4n) is 2.72. The molecular weight excluding hydrogens is 322 g/mol. The first-order valence-electron chi connectivity index (χ1n) is 7.95. The van der Waals surface area contributed by atoms with Gasteiger partial charge in [0.2, 0.25) is 6.79 Å². The lowest BCUT2D eigenvalue weighted by Crippen LogP contribution is -2.13. The number of carbonyl (C=O) groups is 1. The quantitative estimate of drug-likeness (QED) is 0.762. The lowest BCUT2D eigenvalue weighted by atomic mass is 10.1. The van der Waals surface area contributed by atoms with Crippen molar-refractivity contribution >= 4 is 11.6 Å². The summed E-state index contributed by atoms with van der Waals surface area (Å²) in [6, 6.07) is 7.25. The number of hydrogen-bond donors (Lipinski definition) is 2. The van der Waals surface area contributed by atoms with Crippen LogP contribution in [0.15, 0.2) is 30.5 Å². The van der Waals surface area contributed by atoms with Gasteiger partial charge in [0.15, 0.2) is 11.5 Å². The van der Waals surface area contributed by atoms with Crippen molar-refractivity contribution in [2.45, 2.75) is 20.4 Å². The number of hydrogen-bond acceptors (Lipinski definition) is 5. The van der Waals surface area contributed by atoms with Gasteiger partial charge >= 0.3 is 0 Å². The van der Waals surface area contributed by atoms with Crippen LogP contribution in [0.2, 0.25) is 0 Å². The van der Waals surface area contributed by atoms with E-state index >= 15 is 0 Å². The topological polar surface area (TPSA) is 94.1 Å². The minimum Gasteiger partial charge on any atom is -0.454 e. The molecule has 0 bridgehead atoms. The minimum atomic E-state index is -0.266. The second kappa shape index (κ2) is 5.97. The fourth-order valence-corrected chi connectivity index (χ4v) is 2.72. The Balaban J connectivity index is 1.54. The van der Waals surface area contributed by atoms with Crippen LogP contribution in [0.1, 0.15) is 23.1 Å². The van der Waals surface area contributed by atoms with Gasteiger partial charge in [-0.05, 0) is 38.1 Å². The van der Waals surface area contributed by atoms with Gasteiger partial charge in [0, 0.05) is 12.1 Å². The van der Waals surface area contributed by atoms with Crippen LogP contribution in [0.4, 0.5) is 5.69 Å². The molecule has 1 amide bonds. The molecule has 2 N–H and O–H groups in total. The highest BCUT2D eigenvalue weighted by molar-refractivity contribution is 6.03.